The average Bonchev–Trinajstić information content (AvgIpc) is 3.77. The molecule has 0 aliphatic heterocycles. The maximum absolute atomic E-state index is 2.49. The Morgan fingerprint density at radius 3 is 1.80 bits per heavy atom. The molecule has 0 atom stereocenters. The van der Waals surface area contributed by atoms with Gasteiger partial charge >= 0.3 is 0 Å². The van der Waals surface area contributed by atoms with E-state index >= 15 is 0 Å². The lowest BCUT2D eigenvalue weighted by molar-refractivity contribution is 1.31. The van der Waals surface area contributed by atoms with Gasteiger partial charge in [-0.2, -0.15) is 0 Å². The van der Waals surface area contributed by atoms with E-state index in [9.17, 15) is 0 Å². The fraction of sp³-hybridized carbons (Fsp3) is 0. The van der Waals surface area contributed by atoms with E-state index in [4.69, 9.17) is 0 Å². The number of hydrogen-bond acceptors (Lipinski definition) is 3. The second-order valence-electron chi connectivity index (χ2n) is 13.3. The van der Waals surface area contributed by atoms with Crippen molar-refractivity contribution < 1.29 is 0 Å². The molecule has 0 fully saturated rings. The van der Waals surface area contributed by atoms with Crippen LogP contribution in [0.15, 0.2) is 176 Å². The summed E-state index contributed by atoms with van der Waals surface area (Å²) in [6.45, 7) is 0. The Balaban J connectivity index is 1.22. The van der Waals surface area contributed by atoms with Crippen LogP contribution in [0.4, 0.5) is 17.1 Å². The standard InChI is InChI=1S/C48H29NS2/c1-4-14-36-30(10-1)12-9-17-38(36)40-25-26-43(47-41-16-6-8-19-45(41)51-48(40)47)49(34-23-27-46-42(29-34)39-15-5-7-18-44(39)50-46)33-22-24-37-32(28-33)21-20-31-11-2-3-13-35(31)37/h1-29H. The highest BCUT2D eigenvalue weighted by Gasteiger charge is 2.22. The zero-order valence-corrected chi connectivity index (χ0v) is 29.1. The van der Waals surface area contributed by atoms with Crippen LogP contribution in [-0.4, -0.2) is 0 Å². The summed E-state index contributed by atoms with van der Waals surface area (Å²) in [5.41, 5.74) is 6.03. The number of nitrogens with zero attached hydrogens (tertiary/aromatic N) is 1. The molecule has 0 spiro atoms. The van der Waals surface area contributed by atoms with Crippen molar-refractivity contribution >= 4 is 112 Å². The molecular weight excluding hydrogens is 655 g/mol. The van der Waals surface area contributed by atoms with Crippen LogP contribution in [0.1, 0.15) is 0 Å². The van der Waals surface area contributed by atoms with Crippen LogP contribution >= 0.6 is 22.7 Å². The van der Waals surface area contributed by atoms with E-state index in [1.165, 1.54) is 89.5 Å². The number of hydrogen-bond donors (Lipinski definition) is 0. The highest BCUT2D eigenvalue weighted by atomic mass is 32.1. The number of benzene rings is 9. The first-order chi connectivity index (χ1) is 25.3. The summed E-state index contributed by atoms with van der Waals surface area (Å²) in [6, 6.07) is 65.1. The fourth-order valence-electron chi connectivity index (χ4n) is 8.09. The monoisotopic (exact) mass is 683 g/mol. The van der Waals surface area contributed by atoms with Crippen molar-refractivity contribution in [3.63, 3.8) is 0 Å². The Hall–Kier alpha value is -6.00. The summed E-state index contributed by atoms with van der Waals surface area (Å²) in [5.74, 6) is 0. The Labute approximate surface area is 302 Å². The van der Waals surface area contributed by atoms with Gasteiger partial charge < -0.3 is 4.90 Å². The van der Waals surface area contributed by atoms with Crippen molar-refractivity contribution in [1.29, 1.82) is 0 Å². The summed E-state index contributed by atoms with van der Waals surface area (Å²) in [6.07, 6.45) is 0. The first kappa shape index (κ1) is 28.8. The van der Waals surface area contributed by atoms with Gasteiger partial charge in [-0.25, -0.2) is 0 Å². The third-order valence-electron chi connectivity index (χ3n) is 10.4. The first-order valence-electron chi connectivity index (χ1n) is 17.3. The van der Waals surface area contributed by atoms with E-state index in [-0.39, 0.29) is 0 Å². The third-order valence-corrected chi connectivity index (χ3v) is 12.8. The summed E-state index contributed by atoms with van der Waals surface area (Å²) in [5, 5.41) is 12.8. The maximum Gasteiger partial charge on any atom is 0.0555 e. The maximum atomic E-state index is 2.49. The second kappa shape index (κ2) is 11.3. The van der Waals surface area contributed by atoms with Crippen molar-refractivity contribution in [3.05, 3.63) is 176 Å². The van der Waals surface area contributed by atoms with Gasteiger partial charge in [0.15, 0.2) is 0 Å². The Kier molecular flexibility index (Phi) is 6.36. The summed E-state index contributed by atoms with van der Waals surface area (Å²) >= 11 is 3.76. The molecule has 0 aliphatic carbocycles. The largest absolute Gasteiger partial charge is 0.310 e. The number of thiophene rings is 2. The Morgan fingerprint density at radius 1 is 0.333 bits per heavy atom. The highest BCUT2D eigenvalue weighted by Crippen LogP contribution is 2.50. The van der Waals surface area contributed by atoms with Crippen molar-refractivity contribution in [2.24, 2.45) is 0 Å². The van der Waals surface area contributed by atoms with Crippen LogP contribution in [0.3, 0.4) is 0 Å². The quantitative estimate of drug-likeness (QED) is 0.167. The van der Waals surface area contributed by atoms with Crippen LogP contribution < -0.4 is 4.90 Å². The topological polar surface area (TPSA) is 3.24 Å². The highest BCUT2D eigenvalue weighted by molar-refractivity contribution is 7.26. The minimum Gasteiger partial charge on any atom is -0.310 e. The molecule has 0 radical (unpaired) electrons. The van der Waals surface area contributed by atoms with Crippen molar-refractivity contribution in [2.75, 3.05) is 4.90 Å². The molecule has 0 amide bonds. The Morgan fingerprint density at radius 2 is 0.941 bits per heavy atom. The summed E-state index contributed by atoms with van der Waals surface area (Å²) < 4.78 is 5.23. The number of anilines is 3. The number of rotatable bonds is 4. The second-order valence-corrected chi connectivity index (χ2v) is 15.4. The van der Waals surface area contributed by atoms with Crippen LogP contribution in [-0.2, 0) is 0 Å². The lowest BCUT2D eigenvalue weighted by Crippen LogP contribution is -2.10. The molecule has 0 N–H and O–H groups in total. The van der Waals surface area contributed by atoms with Gasteiger partial charge in [0.25, 0.3) is 0 Å². The van der Waals surface area contributed by atoms with Gasteiger partial charge in [0, 0.05) is 57.3 Å². The molecular formula is C48H29NS2. The smallest absolute Gasteiger partial charge is 0.0555 e. The van der Waals surface area contributed by atoms with E-state index in [0.29, 0.717) is 0 Å². The molecule has 3 heteroatoms. The Bertz CT molecular complexity index is 3160. The van der Waals surface area contributed by atoms with Gasteiger partial charge in [-0.15, -0.1) is 22.7 Å². The van der Waals surface area contributed by atoms with Crippen LogP contribution in [0.2, 0.25) is 0 Å². The van der Waals surface area contributed by atoms with E-state index in [1.807, 2.05) is 22.7 Å². The van der Waals surface area contributed by atoms with Gasteiger partial charge in [0.2, 0.25) is 0 Å². The lowest BCUT2D eigenvalue weighted by Gasteiger charge is -2.27. The van der Waals surface area contributed by atoms with E-state index in [0.717, 1.165) is 11.4 Å². The van der Waals surface area contributed by atoms with Crippen molar-refractivity contribution in [2.45, 2.75) is 0 Å². The van der Waals surface area contributed by atoms with Gasteiger partial charge in [-0.1, -0.05) is 127 Å². The van der Waals surface area contributed by atoms with Gasteiger partial charge in [0.05, 0.1) is 5.69 Å². The zero-order valence-electron chi connectivity index (χ0n) is 27.5. The minimum absolute atomic E-state index is 1.14. The molecule has 11 aromatic rings. The van der Waals surface area contributed by atoms with Gasteiger partial charge in [-0.05, 0) is 86.4 Å². The SMILES string of the molecule is c1ccc2c(-c3ccc(N(c4ccc5c(ccc6ccccc65)c4)c4ccc5sc6ccccc6c5c4)c4c3sc3ccccc34)cccc2c1. The first-order valence-corrected chi connectivity index (χ1v) is 19.0. The molecule has 0 bridgehead atoms. The minimum atomic E-state index is 1.14. The predicted molar refractivity (Wildman–Crippen MR) is 225 cm³/mol. The van der Waals surface area contributed by atoms with Crippen molar-refractivity contribution in [1.82, 2.24) is 0 Å². The van der Waals surface area contributed by atoms with Crippen molar-refractivity contribution in [3.8, 4) is 11.1 Å². The number of fused-ring (bicyclic) bond motifs is 10. The molecule has 9 aromatic carbocycles. The van der Waals surface area contributed by atoms with Gasteiger partial charge in [0.1, 0.15) is 0 Å². The molecule has 2 heterocycles. The van der Waals surface area contributed by atoms with E-state index < -0.39 is 0 Å². The van der Waals surface area contributed by atoms with Crippen LogP contribution in [0.5, 0.6) is 0 Å². The lowest BCUT2D eigenvalue weighted by atomic mass is 9.95. The third kappa shape index (κ3) is 4.45. The molecule has 0 saturated carbocycles. The molecule has 0 aliphatic rings. The predicted octanol–water partition coefficient (Wildman–Crippen LogP) is 15.0. The van der Waals surface area contributed by atoms with E-state index in [1.54, 1.807) is 0 Å². The molecule has 0 unspecified atom stereocenters. The molecule has 51 heavy (non-hydrogen) atoms. The molecule has 238 valence electrons. The average molecular weight is 684 g/mol. The zero-order chi connectivity index (χ0) is 33.5. The fourth-order valence-corrected chi connectivity index (χ4v) is 10.4. The molecule has 11 rings (SSSR count). The van der Waals surface area contributed by atoms with E-state index in [2.05, 4.69) is 181 Å². The van der Waals surface area contributed by atoms with Crippen LogP contribution in [0.25, 0.3) is 83.8 Å². The summed E-state index contributed by atoms with van der Waals surface area (Å²) in [4.78, 5) is 2.49. The summed E-state index contributed by atoms with van der Waals surface area (Å²) in [7, 11) is 0. The molecule has 0 saturated heterocycles. The molecule has 1 nitrogen and oxygen atoms in total. The van der Waals surface area contributed by atoms with Gasteiger partial charge in [-0.3, -0.25) is 0 Å². The van der Waals surface area contributed by atoms with Crippen LogP contribution in [0, 0.1) is 0 Å². The molecule has 2 aromatic heterocycles. The normalized spacial score (nSPS) is 11.9.